The highest BCUT2D eigenvalue weighted by atomic mass is 16.7. The van der Waals surface area contributed by atoms with Gasteiger partial charge in [0.2, 0.25) is 12.7 Å². The number of carbonyl (C=O) groups excluding carboxylic acids is 2. The molecule has 0 radical (unpaired) electrons. The quantitative estimate of drug-likeness (QED) is 0.664. The number of ether oxygens (including phenoxy) is 2. The van der Waals surface area contributed by atoms with Crippen molar-refractivity contribution in [2.24, 2.45) is 5.92 Å². The Morgan fingerprint density at radius 2 is 1.84 bits per heavy atom. The topological polar surface area (TPSA) is 81.1 Å². The summed E-state index contributed by atoms with van der Waals surface area (Å²) in [6.45, 7) is 6.36. The number of hydrogen-bond donors (Lipinski definition) is 3. The number of para-hydroxylation sites is 1. The maximum absolute atomic E-state index is 12.7. The van der Waals surface area contributed by atoms with Crippen molar-refractivity contribution in [2.45, 2.75) is 33.1 Å². The number of likely N-dealkylation sites (tertiary alicyclic amines) is 1. The molecule has 2 aromatic rings. The second-order valence-corrected chi connectivity index (χ2v) is 8.27. The number of rotatable bonds is 6. The van der Waals surface area contributed by atoms with Crippen molar-refractivity contribution in [3.8, 4) is 11.5 Å². The van der Waals surface area contributed by atoms with Crippen LogP contribution in [0.15, 0.2) is 36.4 Å². The molecule has 2 aliphatic heterocycles. The molecule has 4 rings (SSSR count). The van der Waals surface area contributed by atoms with Crippen LogP contribution >= 0.6 is 0 Å². The lowest BCUT2D eigenvalue weighted by atomic mass is 9.95. The third kappa shape index (κ3) is 4.99. The average molecular weight is 425 g/mol. The van der Waals surface area contributed by atoms with Gasteiger partial charge in [0.25, 0.3) is 5.91 Å². The van der Waals surface area contributed by atoms with Gasteiger partial charge in [-0.05, 0) is 36.6 Å². The SMILES string of the molecule is CCc1cccc(C)c1NC(=O)C[NH+]1CCC(C(=O)Nc2ccc3c(c2)OCO3)CC1. The van der Waals surface area contributed by atoms with E-state index < -0.39 is 0 Å². The first-order chi connectivity index (χ1) is 15.0. The molecule has 7 heteroatoms. The molecule has 2 amide bonds. The summed E-state index contributed by atoms with van der Waals surface area (Å²) in [5, 5.41) is 6.09. The number of aryl methyl sites for hydroxylation is 2. The molecule has 7 nitrogen and oxygen atoms in total. The van der Waals surface area contributed by atoms with Gasteiger partial charge in [0.05, 0.1) is 13.1 Å². The summed E-state index contributed by atoms with van der Waals surface area (Å²) in [7, 11) is 0. The summed E-state index contributed by atoms with van der Waals surface area (Å²) in [6, 6.07) is 11.5. The van der Waals surface area contributed by atoms with Gasteiger partial charge in [-0.3, -0.25) is 9.59 Å². The second kappa shape index (κ2) is 9.39. The Hall–Kier alpha value is -3.06. The zero-order chi connectivity index (χ0) is 21.8. The van der Waals surface area contributed by atoms with Gasteiger partial charge in [0.15, 0.2) is 18.0 Å². The van der Waals surface area contributed by atoms with Crippen molar-refractivity contribution < 1.29 is 24.0 Å². The van der Waals surface area contributed by atoms with Crippen LogP contribution in [-0.2, 0) is 16.0 Å². The summed E-state index contributed by atoms with van der Waals surface area (Å²) in [5.41, 5.74) is 3.89. The number of carbonyl (C=O) groups is 2. The van der Waals surface area contributed by atoms with Gasteiger partial charge in [0, 0.05) is 36.2 Å². The highest BCUT2D eigenvalue weighted by molar-refractivity contribution is 5.93. The van der Waals surface area contributed by atoms with Crippen molar-refractivity contribution in [2.75, 3.05) is 37.1 Å². The van der Waals surface area contributed by atoms with Crippen LogP contribution in [0, 0.1) is 12.8 Å². The largest absolute Gasteiger partial charge is 0.454 e. The first-order valence-corrected chi connectivity index (χ1v) is 11.0. The van der Waals surface area contributed by atoms with E-state index in [1.54, 1.807) is 6.07 Å². The van der Waals surface area contributed by atoms with Crippen LogP contribution in [0.25, 0.3) is 0 Å². The van der Waals surface area contributed by atoms with E-state index in [9.17, 15) is 9.59 Å². The zero-order valence-electron chi connectivity index (χ0n) is 18.1. The van der Waals surface area contributed by atoms with Gasteiger partial charge in [0.1, 0.15) is 0 Å². The van der Waals surface area contributed by atoms with Crippen LogP contribution < -0.4 is 25.0 Å². The van der Waals surface area contributed by atoms with Crippen LogP contribution in [0.4, 0.5) is 11.4 Å². The van der Waals surface area contributed by atoms with Crippen molar-refractivity contribution >= 4 is 23.2 Å². The average Bonchev–Trinajstić information content (AvgIpc) is 3.23. The molecule has 3 N–H and O–H groups in total. The number of fused-ring (bicyclic) bond motifs is 1. The Morgan fingerprint density at radius 1 is 1.06 bits per heavy atom. The summed E-state index contributed by atoms with van der Waals surface area (Å²) in [5.74, 6) is 1.37. The van der Waals surface area contributed by atoms with Gasteiger partial charge in [-0.25, -0.2) is 0 Å². The molecule has 1 saturated heterocycles. The maximum atomic E-state index is 12.7. The first-order valence-electron chi connectivity index (χ1n) is 11.0. The fourth-order valence-electron chi connectivity index (χ4n) is 4.30. The number of quaternary nitrogens is 1. The zero-order valence-corrected chi connectivity index (χ0v) is 18.1. The normalized spacial score (nSPS) is 19.7. The Morgan fingerprint density at radius 3 is 2.61 bits per heavy atom. The van der Waals surface area contributed by atoms with E-state index in [1.807, 2.05) is 31.2 Å². The lowest BCUT2D eigenvalue weighted by Gasteiger charge is -2.28. The van der Waals surface area contributed by atoms with E-state index in [2.05, 4.69) is 23.6 Å². The molecule has 0 saturated carbocycles. The van der Waals surface area contributed by atoms with Crippen molar-refractivity contribution in [3.05, 3.63) is 47.5 Å². The summed E-state index contributed by atoms with van der Waals surface area (Å²) < 4.78 is 10.7. The van der Waals surface area contributed by atoms with E-state index in [0.29, 0.717) is 23.7 Å². The molecular weight excluding hydrogens is 394 g/mol. The number of benzene rings is 2. The lowest BCUT2D eigenvalue weighted by Crippen LogP contribution is -3.14. The molecule has 31 heavy (non-hydrogen) atoms. The molecule has 0 aliphatic carbocycles. The van der Waals surface area contributed by atoms with E-state index >= 15 is 0 Å². The Balaban J connectivity index is 1.26. The lowest BCUT2D eigenvalue weighted by molar-refractivity contribution is -0.897. The van der Waals surface area contributed by atoms with Crippen molar-refractivity contribution in [1.82, 2.24) is 0 Å². The van der Waals surface area contributed by atoms with Crippen molar-refractivity contribution in [1.29, 1.82) is 0 Å². The standard InChI is InChI=1S/C24H29N3O4/c1-3-17-6-4-5-16(2)23(17)26-22(28)14-27-11-9-18(10-12-27)24(29)25-19-7-8-20-21(13-19)31-15-30-20/h4-8,13,18H,3,9-12,14-15H2,1-2H3,(H,25,29)(H,26,28)/p+1. The smallest absolute Gasteiger partial charge is 0.279 e. The molecule has 0 atom stereocenters. The van der Waals surface area contributed by atoms with Crippen LogP contribution in [0.3, 0.4) is 0 Å². The molecule has 164 valence electrons. The molecule has 0 bridgehead atoms. The van der Waals surface area contributed by atoms with E-state index in [4.69, 9.17) is 9.47 Å². The molecule has 0 spiro atoms. The Labute approximate surface area is 182 Å². The molecule has 2 aromatic carbocycles. The fraction of sp³-hybridized carbons (Fsp3) is 0.417. The van der Waals surface area contributed by atoms with E-state index in [0.717, 1.165) is 49.2 Å². The Kier molecular flexibility index (Phi) is 6.42. The first kappa shape index (κ1) is 21.2. The molecular formula is C24H30N3O4+. The minimum atomic E-state index is -0.0414. The molecule has 0 aromatic heterocycles. The van der Waals surface area contributed by atoms with E-state index in [1.165, 1.54) is 4.90 Å². The van der Waals surface area contributed by atoms with Gasteiger partial charge >= 0.3 is 0 Å². The minimum Gasteiger partial charge on any atom is -0.454 e. The third-order valence-electron chi connectivity index (χ3n) is 6.12. The van der Waals surface area contributed by atoms with Gasteiger partial charge in [-0.2, -0.15) is 0 Å². The van der Waals surface area contributed by atoms with Gasteiger partial charge < -0.3 is 25.0 Å². The van der Waals surface area contributed by atoms with Crippen LogP contribution in [0.5, 0.6) is 11.5 Å². The molecule has 1 fully saturated rings. The van der Waals surface area contributed by atoms with Crippen LogP contribution in [0.2, 0.25) is 0 Å². The van der Waals surface area contributed by atoms with E-state index in [-0.39, 0.29) is 24.5 Å². The monoisotopic (exact) mass is 424 g/mol. The predicted octanol–water partition coefficient (Wildman–Crippen LogP) is 2.16. The van der Waals surface area contributed by atoms with Crippen LogP contribution in [-0.4, -0.2) is 38.2 Å². The summed E-state index contributed by atoms with van der Waals surface area (Å²) in [6.07, 6.45) is 2.42. The van der Waals surface area contributed by atoms with Crippen molar-refractivity contribution in [3.63, 3.8) is 0 Å². The number of amides is 2. The summed E-state index contributed by atoms with van der Waals surface area (Å²) >= 11 is 0. The number of nitrogens with one attached hydrogen (secondary N) is 3. The second-order valence-electron chi connectivity index (χ2n) is 8.27. The maximum Gasteiger partial charge on any atom is 0.279 e. The van der Waals surface area contributed by atoms with Gasteiger partial charge in [-0.1, -0.05) is 25.1 Å². The highest BCUT2D eigenvalue weighted by Crippen LogP contribution is 2.34. The van der Waals surface area contributed by atoms with Crippen LogP contribution in [0.1, 0.15) is 30.9 Å². The Bertz CT molecular complexity index is 967. The predicted molar refractivity (Wildman–Crippen MR) is 119 cm³/mol. The molecule has 0 unspecified atom stereocenters. The van der Waals surface area contributed by atoms with Gasteiger partial charge in [-0.15, -0.1) is 0 Å². The fourth-order valence-corrected chi connectivity index (χ4v) is 4.30. The highest BCUT2D eigenvalue weighted by Gasteiger charge is 2.29. The number of piperidine rings is 1. The minimum absolute atomic E-state index is 0.0230. The summed E-state index contributed by atoms with van der Waals surface area (Å²) in [4.78, 5) is 26.5. The number of anilines is 2. The molecule has 2 aliphatic rings. The molecule has 2 heterocycles. The number of hydrogen-bond acceptors (Lipinski definition) is 4. The third-order valence-corrected chi connectivity index (χ3v) is 6.12.